The van der Waals surface area contributed by atoms with E-state index in [9.17, 15) is 9.18 Å². The zero-order valence-electron chi connectivity index (χ0n) is 11.9. The van der Waals surface area contributed by atoms with Gasteiger partial charge in [-0.1, -0.05) is 18.2 Å². The molecule has 0 unspecified atom stereocenters. The molecule has 0 atom stereocenters. The summed E-state index contributed by atoms with van der Waals surface area (Å²) in [5, 5.41) is 2.84. The largest absolute Gasteiger partial charge is 0.494 e. The summed E-state index contributed by atoms with van der Waals surface area (Å²) in [5.41, 5.74) is 1.56. The summed E-state index contributed by atoms with van der Waals surface area (Å²) in [7, 11) is 0. The maximum Gasteiger partial charge on any atom is 0.251 e. The molecule has 1 N–H and O–H groups in total. The molecular formula is C17H18FNO2. The summed E-state index contributed by atoms with van der Waals surface area (Å²) in [6, 6.07) is 13.4. The molecule has 3 nitrogen and oxygen atoms in total. The molecule has 0 aliphatic rings. The van der Waals surface area contributed by atoms with Gasteiger partial charge < -0.3 is 10.1 Å². The van der Waals surface area contributed by atoms with E-state index in [1.807, 2.05) is 13.0 Å². The monoisotopic (exact) mass is 287 g/mol. The van der Waals surface area contributed by atoms with Gasteiger partial charge in [0, 0.05) is 12.1 Å². The van der Waals surface area contributed by atoms with E-state index < -0.39 is 0 Å². The van der Waals surface area contributed by atoms with Gasteiger partial charge in [0.15, 0.2) is 0 Å². The van der Waals surface area contributed by atoms with E-state index in [1.54, 1.807) is 30.3 Å². The highest BCUT2D eigenvalue weighted by atomic mass is 19.1. The molecule has 0 bridgehead atoms. The van der Waals surface area contributed by atoms with Crippen molar-refractivity contribution in [1.29, 1.82) is 0 Å². The molecule has 0 saturated carbocycles. The van der Waals surface area contributed by atoms with Crippen molar-refractivity contribution in [2.24, 2.45) is 0 Å². The smallest absolute Gasteiger partial charge is 0.251 e. The van der Waals surface area contributed by atoms with E-state index >= 15 is 0 Å². The van der Waals surface area contributed by atoms with E-state index in [0.29, 0.717) is 30.9 Å². The fourth-order valence-corrected chi connectivity index (χ4v) is 1.97. The summed E-state index contributed by atoms with van der Waals surface area (Å²) in [6.07, 6.45) is 0.664. The predicted octanol–water partition coefficient (Wildman–Crippen LogP) is 3.20. The number of ether oxygens (including phenoxy) is 1. The molecule has 0 aromatic heterocycles. The first kappa shape index (κ1) is 15.0. The number of halogens is 1. The zero-order chi connectivity index (χ0) is 15.1. The Labute approximate surface area is 123 Å². The summed E-state index contributed by atoms with van der Waals surface area (Å²) < 4.78 is 18.1. The van der Waals surface area contributed by atoms with Crippen LogP contribution in [0.4, 0.5) is 4.39 Å². The topological polar surface area (TPSA) is 38.3 Å². The maximum atomic E-state index is 12.8. The Morgan fingerprint density at radius 1 is 1.19 bits per heavy atom. The highest BCUT2D eigenvalue weighted by Crippen LogP contribution is 2.13. The van der Waals surface area contributed by atoms with E-state index in [2.05, 4.69) is 5.32 Å². The third-order valence-corrected chi connectivity index (χ3v) is 3.02. The lowest BCUT2D eigenvalue weighted by Gasteiger charge is -2.07. The first-order chi connectivity index (χ1) is 10.2. The van der Waals surface area contributed by atoms with Crippen LogP contribution in [0.25, 0.3) is 0 Å². The molecule has 0 aliphatic carbocycles. The van der Waals surface area contributed by atoms with Gasteiger partial charge in [-0.25, -0.2) is 4.39 Å². The normalized spacial score (nSPS) is 10.2. The van der Waals surface area contributed by atoms with Crippen molar-refractivity contribution in [3.8, 4) is 5.75 Å². The molecular weight excluding hydrogens is 269 g/mol. The number of nitrogens with one attached hydrogen (secondary N) is 1. The van der Waals surface area contributed by atoms with Gasteiger partial charge in [0.25, 0.3) is 5.91 Å². The average Bonchev–Trinajstić information content (AvgIpc) is 2.50. The number of hydrogen-bond donors (Lipinski definition) is 1. The van der Waals surface area contributed by atoms with Crippen LogP contribution in [0.3, 0.4) is 0 Å². The van der Waals surface area contributed by atoms with Gasteiger partial charge >= 0.3 is 0 Å². The summed E-state index contributed by atoms with van der Waals surface area (Å²) in [5.74, 6) is 0.290. The average molecular weight is 287 g/mol. The minimum Gasteiger partial charge on any atom is -0.494 e. The van der Waals surface area contributed by atoms with Crippen LogP contribution in [0.5, 0.6) is 5.75 Å². The number of benzene rings is 2. The number of amides is 1. The predicted molar refractivity (Wildman–Crippen MR) is 80.0 cm³/mol. The Morgan fingerprint density at radius 2 is 1.95 bits per heavy atom. The number of rotatable bonds is 6. The second-order valence-electron chi connectivity index (χ2n) is 4.59. The van der Waals surface area contributed by atoms with Crippen molar-refractivity contribution in [2.75, 3.05) is 13.2 Å². The fraction of sp³-hybridized carbons (Fsp3) is 0.235. The molecule has 0 radical (unpaired) electrons. The van der Waals surface area contributed by atoms with Gasteiger partial charge in [0.1, 0.15) is 11.6 Å². The molecule has 2 rings (SSSR count). The quantitative estimate of drug-likeness (QED) is 0.886. The number of hydrogen-bond acceptors (Lipinski definition) is 2. The Bertz CT molecular complexity index is 596. The highest BCUT2D eigenvalue weighted by Gasteiger charge is 2.06. The molecule has 4 heteroatoms. The first-order valence-corrected chi connectivity index (χ1v) is 6.94. The second kappa shape index (κ2) is 7.43. The molecule has 1 amide bonds. The summed E-state index contributed by atoms with van der Waals surface area (Å²) in [4.78, 5) is 12.0. The third kappa shape index (κ3) is 4.60. The molecule has 110 valence electrons. The second-order valence-corrected chi connectivity index (χ2v) is 4.59. The van der Waals surface area contributed by atoms with Crippen LogP contribution < -0.4 is 10.1 Å². The lowest BCUT2D eigenvalue weighted by molar-refractivity contribution is 0.0953. The van der Waals surface area contributed by atoms with Crippen molar-refractivity contribution in [3.05, 3.63) is 65.5 Å². The van der Waals surface area contributed by atoms with E-state index in [0.717, 1.165) is 5.56 Å². The van der Waals surface area contributed by atoms with Gasteiger partial charge in [0.2, 0.25) is 0 Å². The van der Waals surface area contributed by atoms with Crippen LogP contribution in [-0.2, 0) is 6.42 Å². The maximum absolute atomic E-state index is 12.8. The summed E-state index contributed by atoms with van der Waals surface area (Å²) >= 11 is 0. The van der Waals surface area contributed by atoms with Gasteiger partial charge in [-0.3, -0.25) is 4.79 Å². The zero-order valence-corrected chi connectivity index (χ0v) is 11.9. The molecule has 0 heterocycles. The van der Waals surface area contributed by atoms with Crippen molar-refractivity contribution >= 4 is 5.91 Å². The van der Waals surface area contributed by atoms with Crippen molar-refractivity contribution in [1.82, 2.24) is 5.32 Å². The van der Waals surface area contributed by atoms with E-state index in [1.165, 1.54) is 12.1 Å². The van der Waals surface area contributed by atoms with Crippen molar-refractivity contribution in [3.63, 3.8) is 0 Å². The van der Waals surface area contributed by atoms with E-state index in [-0.39, 0.29) is 11.7 Å². The van der Waals surface area contributed by atoms with Crippen molar-refractivity contribution in [2.45, 2.75) is 13.3 Å². The van der Waals surface area contributed by atoms with Gasteiger partial charge in [-0.2, -0.15) is 0 Å². The number of carbonyl (C=O) groups is 1. The van der Waals surface area contributed by atoms with Crippen LogP contribution >= 0.6 is 0 Å². The van der Waals surface area contributed by atoms with Crippen LogP contribution in [0.15, 0.2) is 48.5 Å². The SMILES string of the molecule is CCOc1cccc(C(=O)NCCc2ccc(F)cc2)c1. The molecule has 0 aliphatic heterocycles. The van der Waals surface area contributed by atoms with Gasteiger partial charge in [0.05, 0.1) is 6.61 Å². The molecule has 2 aromatic carbocycles. The Hall–Kier alpha value is -2.36. The molecule has 0 fully saturated rings. The number of carbonyl (C=O) groups excluding carboxylic acids is 1. The minimum absolute atomic E-state index is 0.140. The molecule has 21 heavy (non-hydrogen) atoms. The standard InChI is InChI=1S/C17H18FNO2/c1-2-21-16-5-3-4-14(12-16)17(20)19-11-10-13-6-8-15(18)9-7-13/h3-9,12H,2,10-11H2,1H3,(H,19,20). The van der Waals surface area contributed by atoms with Crippen molar-refractivity contribution < 1.29 is 13.9 Å². The van der Waals surface area contributed by atoms with Crippen LogP contribution in [0, 0.1) is 5.82 Å². The first-order valence-electron chi connectivity index (χ1n) is 6.94. The van der Waals surface area contributed by atoms with Gasteiger partial charge in [-0.15, -0.1) is 0 Å². The third-order valence-electron chi connectivity index (χ3n) is 3.02. The Balaban J connectivity index is 1.86. The van der Waals surface area contributed by atoms with E-state index in [4.69, 9.17) is 4.74 Å². The minimum atomic E-state index is -0.254. The Kier molecular flexibility index (Phi) is 5.32. The molecule has 0 spiro atoms. The molecule has 0 saturated heterocycles. The van der Waals surface area contributed by atoms with Crippen LogP contribution in [-0.4, -0.2) is 19.1 Å². The van der Waals surface area contributed by atoms with Crippen LogP contribution in [0.1, 0.15) is 22.8 Å². The lowest BCUT2D eigenvalue weighted by atomic mass is 10.1. The fourth-order valence-electron chi connectivity index (χ4n) is 1.97. The molecule has 2 aromatic rings. The lowest BCUT2D eigenvalue weighted by Crippen LogP contribution is -2.25. The van der Waals surface area contributed by atoms with Crippen LogP contribution in [0.2, 0.25) is 0 Å². The summed E-state index contributed by atoms with van der Waals surface area (Å²) in [6.45, 7) is 2.97. The van der Waals surface area contributed by atoms with Gasteiger partial charge in [-0.05, 0) is 49.2 Å². The highest BCUT2D eigenvalue weighted by molar-refractivity contribution is 5.94. The Morgan fingerprint density at radius 3 is 2.67 bits per heavy atom.